The lowest BCUT2D eigenvalue weighted by molar-refractivity contribution is 0.354. The number of benzene rings is 1. The van der Waals surface area contributed by atoms with E-state index in [1.54, 1.807) is 20.4 Å². The van der Waals surface area contributed by atoms with E-state index >= 15 is 0 Å². The predicted octanol–water partition coefficient (Wildman–Crippen LogP) is 3.01. The Balaban J connectivity index is 0.00000364. The topological polar surface area (TPSA) is 93.8 Å². The molecule has 1 aromatic heterocycles. The first kappa shape index (κ1) is 22.8. The summed E-state index contributed by atoms with van der Waals surface area (Å²) in [6, 6.07) is 11.5. The Morgan fingerprint density at radius 3 is 2.56 bits per heavy atom. The largest absolute Gasteiger partial charge is 0.493 e. The highest BCUT2D eigenvalue weighted by Gasteiger charge is 2.04. The number of halogens is 1. The van der Waals surface area contributed by atoms with Gasteiger partial charge in [0, 0.05) is 19.3 Å². The first-order chi connectivity index (χ1) is 12.7. The van der Waals surface area contributed by atoms with Gasteiger partial charge in [-0.1, -0.05) is 12.1 Å². The van der Waals surface area contributed by atoms with Crippen LogP contribution in [0.25, 0.3) is 0 Å². The molecule has 1 heterocycles. The Morgan fingerprint density at radius 1 is 1.07 bits per heavy atom. The molecule has 0 spiro atoms. The highest BCUT2D eigenvalue weighted by Crippen LogP contribution is 2.27. The lowest BCUT2D eigenvalue weighted by atomic mass is 10.2. The van der Waals surface area contributed by atoms with Gasteiger partial charge in [0.1, 0.15) is 5.82 Å². The highest BCUT2D eigenvalue weighted by atomic mass is 127. The Kier molecular flexibility index (Phi) is 11.0. The van der Waals surface area contributed by atoms with E-state index in [9.17, 15) is 0 Å². The molecule has 0 unspecified atom stereocenters. The number of methoxy groups -OCH3 is 2. The number of pyridine rings is 1. The molecule has 148 valence electrons. The van der Waals surface area contributed by atoms with Crippen molar-refractivity contribution in [3.8, 4) is 11.5 Å². The molecule has 27 heavy (non-hydrogen) atoms. The normalized spacial score (nSPS) is 10.7. The number of unbranched alkanes of at least 4 members (excludes halogenated alkanes) is 1. The molecule has 0 amide bonds. The third kappa shape index (κ3) is 8.33. The second-order valence-electron chi connectivity index (χ2n) is 5.67. The highest BCUT2D eigenvalue weighted by molar-refractivity contribution is 14.0. The van der Waals surface area contributed by atoms with E-state index in [0.29, 0.717) is 24.0 Å². The number of guanidine groups is 1. The number of rotatable bonds is 10. The van der Waals surface area contributed by atoms with Crippen molar-refractivity contribution >= 4 is 35.8 Å². The van der Waals surface area contributed by atoms with Crippen molar-refractivity contribution < 1.29 is 9.47 Å². The second kappa shape index (κ2) is 13.0. The predicted molar refractivity (Wildman–Crippen MR) is 120 cm³/mol. The monoisotopic (exact) mass is 485 g/mol. The summed E-state index contributed by atoms with van der Waals surface area (Å²) in [5.74, 6) is 2.73. The van der Waals surface area contributed by atoms with Crippen LogP contribution < -0.4 is 25.8 Å². The molecule has 0 saturated heterocycles. The fourth-order valence-corrected chi connectivity index (χ4v) is 2.36. The third-order valence-corrected chi connectivity index (χ3v) is 3.76. The number of ether oxygens (including phenoxy) is 2. The van der Waals surface area contributed by atoms with Gasteiger partial charge in [0.2, 0.25) is 0 Å². The van der Waals surface area contributed by atoms with Crippen LogP contribution in [0.2, 0.25) is 0 Å². The summed E-state index contributed by atoms with van der Waals surface area (Å²) in [5, 5.41) is 6.41. The molecule has 8 heteroatoms. The molecule has 0 radical (unpaired) electrons. The average Bonchev–Trinajstić information content (AvgIpc) is 2.69. The van der Waals surface area contributed by atoms with Crippen LogP contribution in [0.5, 0.6) is 11.5 Å². The first-order valence-corrected chi connectivity index (χ1v) is 8.62. The number of hydrogen-bond donors (Lipinski definition) is 3. The van der Waals surface area contributed by atoms with Gasteiger partial charge in [0.25, 0.3) is 0 Å². The maximum atomic E-state index is 5.91. The number of anilines is 1. The Bertz CT molecular complexity index is 698. The number of nitrogens with two attached hydrogens (primary N) is 1. The molecule has 2 rings (SSSR count). The van der Waals surface area contributed by atoms with Crippen molar-refractivity contribution in [2.75, 3.05) is 32.6 Å². The summed E-state index contributed by atoms with van der Waals surface area (Å²) in [7, 11) is 3.23. The maximum absolute atomic E-state index is 5.91. The minimum atomic E-state index is 0. The van der Waals surface area contributed by atoms with E-state index in [2.05, 4.69) is 20.6 Å². The molecule has 7 nitrogen and oxygen atoms in total. The minimum absolute atomic E-state index is 0. The summed E-state index contributed by atoms with van der Waals surface area (Å²) in [6.07, 6.45) is 3.79. The average molecular weight is 485 g/mol. The van der Waals surface area contributed by atoms with Gasteiger partial charge in [0.15, 0.2) is 17.5 Å². The molecule has 0 aliphatic carbocycles. The lowest BCUT2D eigenvalue weighted by Gasteiger charge is -2.09. The van der Waals surface area contributed by atoms with Gasteiger partial charge in [-0.15, -0.1) is 24.0 Å². The molecular weight excluding hydrogens is 457 g/mol. The zero-order valence-electron chi connectivity index (χ0n) is 15.8. The fourth-order valence-electron chi connectivity index (χ4n) is 2.36. The van der Waals surface area contributed by atoms with Crippen LogP contribution in [-0.4, -0.2) is 38.3 Å². The van der Waals surface area contributed by atoms with Crippen LogP contribution in [0.4, 0.5) is 5.82 Å². The smallest absolute Gasteiger partial charge is 0.188 e. The van der Waals surface area contributed by atoms with Crippen molar-refractivity contribution in [2.45, 2.75) is 19.4 Å². The number of nitrogens with one attached hydrogen (secondary N) is 2. The van der Waals surface area contributed by atoms with Crippen molar-refractivity contribution in [1.29, 1.82) is 0 Å². The van der Waals surface area contributed by atoms with Gasteiger partial charge >= 0.3 is 0 Å². The maximum Gasteiger partial charge on any atom is 0.188 e. The van der Waals surface area contributed by atoms with E-state index in [1.165, 1.54) is 0 Å². The van der Waals surface area contributed by atoms with Crippen molar-refractivity contribution in [3.63, 3.8) is 0 Å². The molecule has 0 aliphatic heterocycles. The summed E-state index contributed by atoms with van der Waals surface area (Å²) in [6.45, 7) is 2.15. The third-order valence-electron chi connectivity index (χ3n) is 3.76. The Hall–Kier alpha value is -2.23. The van der Waals surface area contributed by atoms with Crippen LogP contribution in [0.1, 0.15) is 18.4 Å². The first-order valence-electron chi connectivity index (χ1n) is 8.62. The van der Waals surface area contributed by atoms with Gasteiger partial charge < -0.3 is 25.8 Å². The van der Waals surface area contributed by atoms with Crippen LogP contribution in [0, 0.1) is 0 Å². The summed E-state index contributed by atoms with van der Waals surface area (Å²) in [5.41, 5.74) is 6.92. The Labute approximate surface area is 177 Å². The van der Waals surface area contributed by atoms with E-state index in [1.807, 2.05) is 36.4 Å². The summed E-state index contributed by atoms with van der Waals surface area (Å²) >= 11 is 0. The molecule has 1 aromatic carbocycles. The quantitative estimate of drug-likeness (QED) is 0.207. The molecular formula is C19H28IN5O2. The number of aromatic nitrogens is 1. The molecule has 0 fully saturated rings. The summed E-state index contributed by atoms with van der Waals surface area (Å²) in [4.78, 5) is 8.57. The van der Waals surface area contributed by atoms with Gasteiger partial charge in [-0.2, -0.15) is 0 Å². The standard InChI is InChI=1S/C19H27N5O2.HI/c1-25-16-9-8-15(13-17(16)26-2)14-24-19(20)23-12-6-5-11-22-18-7-3-4-10-21-18;/h3-4,7-10,13H,5-6,11-12,14H2,1-2H3,(H,21,22)(H3,20,23,24);1H. The van der Waals surface area contributed by atoms with Crippen LogP contribution in [0.3, 0.4) is 0 Å². The number of hydrogen-bond acceptors (Lipinski definition) is 5. The molecule has 0 atom stereocenters. The fraction of sp³-hybridized carbons (Fsp3) is 0.368. The zero-order valence-corrected chi connectivity index (χ0v) is 18.1. The van der Waals surface area contributed by atoms with E-state index in [-0.39, 0.29) is 24.0 Å². The molecule has 0 aliphatic rings. The summed E-state index contributed by atoms with van der Waals surface area (Å²) < 4.78 is 10.5. The van der Waals surface area contributed by atoms with Gasteiger partial charge in [-0.05, 0) is 42.7 Å². The van der Waals surface area contributed by atoms with Crippen molar-refractivity contribution in [1.82, 2.24) is 10.3 Å². The number of nitrogens with zero attached hydrogens (tertiary/aromatic N) is 2. The number of aliphatic imine (C=N–C) groups is 1. The molecule has 4 N–H and O–H groups in total. The molecule has 2 aromatic rings. The van der Waals surface area contributed by atoms with Crippen LogP contribution in [-0.2, 0) is 6.54 Å². The van der Waals surface area contributed by atoms with Gasteiger partial charge in [0.05, 0.1) is 20.8 Å². The van der Waals surface area contributed by atoms with Crippen molar-refractivity contribution in [2.24, 2.45) is 10.7 Å². The van der Waals surface area contributed by atoms with Gasteiger partial charge in [-0.25, -0.2) is 9.98 Å². The lowest BCUT2D eigenvalue weighted by Crippen LogP contribution is -2.32. The van der Waals surface area contributed by atoms with E-state index in [0.717, 1.165) is 37.3 Å². The second-order valence-corrected chi connectivity index (χ2v) is 5.67. The van der Waals surface area contributed by atoms with E-state index < -0.39 is 0 Å². The zero-order chi connectivity index (χ0) is 18.6. The van der Waals surface area contributed by atoms with E-state index in [4.69, 9.17) is 15.2 Å². The minimum Gasteiger partial charge on any atom is -0.493 e. The van der Waals surface area contributed by atoms with Crippen LogP contribution in [0.15, 0.2) is 47.6 Å². The van der Waals surface area contributed by atoms with Gasteiger partial charge in [-0.3, -0.25) is 0 Å². The van der Waals surface area contributed by atoms with Crippen LogP contribution >= 0.6 is 24.0 Å². The Morgan fingerprint density at radius 2 is 1.85 bits per heavy atom. The SMILES string of the molecule is COc1ccc(CN=C(N)NCCCCNc2ccccn2)cc1OC.I. The molecule has 0 bridgehead atoms. The molecule has 0 saturated carbocycles. The van der Waals surface area contributed by atoms with Crippen molar-refractivity contribution in [3.05, 3.63) is 48.2 Å².